The second-order valence-electron chi connectivity index (χ2n) is 13.5. The predicted octanol–water partition coefficient (Wildman–Crippen LogP) is 6.56. The van der Waals surface area contributed by atoms with Crippen molar-refractivity contribution in [2.24, 2.45) is 19.2 Å². The second kappa shape index (κ2) is 22.5. The van der Waals surface area contributed by atoms with E-state index in [-0.39, 0.29) is 91.7 Å². The first-order valence-electron chi connectivity index (χ1n) is 18.3. The predicted molar refractivity (Wildman–Crippen MR) is 239 cm³/mol. The summed E-state index contributed by atoms with van der Waals surface area (Å²) in [6, 6.07) is 11.7. The summed E-state index contributed by atoms with van der Waals surface area (Å²) in [5.41, 5.74) is 0.583. The van der Waals surface area contributed by atoms with Crippen LogP contribution in [0, 0.1) is 22.7 Å². The number of esters is 1. The first-order chi connectivity index (χ1) is 29.7. The van der Waals surface area contributed by atoms with E-state index in [0.717, 1.165) is 14.0 Å². The van der Waals surface area contributed by atoms with E-state index >= 15 is 0 Å². The van der Waals surface area contributed by atoms with Gasteiger partial charge in [0.05, 0.1) is 38.1 Å². The van der Waals surface area contributed by atoms with Crippen LogP contribution in [-0.2, 0) is 28.4 Å². The second-order valence-corrected chi connectivity index (χ2v) is 15.1. The zero-order valence-electron chi connectivity index (χ0n) is 34.2. The van der Waals surface area contributed by atoms with Gasteiger partial charge in [-0.3, -0.25) is 34.4 Å². The Morgan fingerprint density at radius 3 is 1.69 bits per heavy atom. The SMILES string of the molecule is C.CC(C)c1cc(Oc2c(Cl)cc(-n3nc(C#N)c(=O)[nH]c3=O)cc2Cl)nn(C)c1=O.CCOC(=O)CC(=O)/C(C#N)=N\Nc1cc(Cl)c(Oc2cc(C(C)C)c(=O)n(C)n2)c(Cl)c1. The van der Waals surface area contributed by atoms with Gasteiger partial charge in [0.1, 0.15) is 18.6 Å². The van der Waals surface area contributed by atoms with Crippen molar-refractivity contribution in [3.63, 3.8) is 0 Å². The zero-order chi connectivity index (χ0) is 46.9. The van der Waals surface area contributed by atoms with E-state index in [1.54, 1.807) is 19.1 Å². The Hall–Kier alpha value is -6.84. The average molecular weight is 960 g/mol. The first-order valence-corrected chi connectivity index (χ1v) is 19.8. The van der Waals surface area contributed by atoms with E-state index in [1.807, 2.05) is 32.7 Å². The van der Waals surface area contributed by atoms with Gasteiger partial charge in [-0.05, 0) is 43.0 Å². The number of Topliss-reactive ketones (excluding diaryl/α,β-unsaturated/α-hetero) is 1. The Kier molecular flexibility index (Phi) is 18.1. The molecule has 0 bridgehead atoms. The number of nitriles is 2. The van der Waals surface area contributed by atoms with Crippen molar-refractivity contribution in [1.82, 2.24) is 34.3 Å². The minimum atomic E-state index is -0.905. The van der Waals surface area contributed by atoms with Crippen LogP contribution in [0.2, 0.25) is 20.1 Å². The molecule has 64 heavy (non-hydrogen) atoms. The van der Waals surface area contributed by atoms with Gasteiger partial charge < -0.3 is 14.2 Å². The van der Waals surface area contributed by atoms with Gasteiger partial charge in [0.15, 0.2) is 11.5 Å². The number of nitrogens with zero attached hydrogens (tertiary/aromatic N) is 9. The van der Waals surface area contributed by atoms with Crippen molar-refractivity contribution in [1.29, 1.82) is 10.5 Å². The summed E-state index contributed by atoms with van der Waals surface area (Å²) in [5, 5.41) is 33.8. The Balaban J connectivity index is 0.000000336. The van der Waals surface area contributed by atoms with Gasteiger partial charge in [-0.25, -0.2) is 14.2 Å². The largest absolute Gasteiger partial charge is 0.466 e. The van der Waals surface area contributed by atoms with Gasteiger partial charge in [-0.2, -0.15) is 20.3 Å². The standard InChI is InChI=1S/C21H21Cl2N5O5.C18H14Cl2N6O4.CH4/c1-5-32-19(30)9-17(29)16(10-24)26-25-12-6-14(22)20(15(23)7-12)33-18-8-13(11(2)3)21(31)28(4)27-18;1-8(2)10-6-14(24-25(3)17(10)28)30-15-11(19)4-9(5-12(15)20)26-18(29)22-16(27)13(7-21)23-26;/h6-8,11,25H,5,9H2,1-4H3;4-6,8H,1-3H3,(H,22,27,29);1H4/b26-16-;;. The fourth-order valence-corrected chi connectivity index (χ4v) is 6.29. The molecule has 2 N–H and O–H groups in total. The van der Waals surface area contributed by atoms with E-state index in [0.29, 0.717) is 11.1 Å². The monoisotopic (exact) mass is 957 g/mol. The third-order valence-corrected chi connectivity index (χ3v) is 9.35. The van der Waals surface area contributed by atoms with Crippen molar-refractivity contribution >= 4 is 69.6 Å². The van der Waals surface area contributed by atoms with Crippen LogP contribution in [0.15, 0.2) is 60.7 Å². The molecule has 0 unspecified atom stereocenters. The molecule has 3 heterocycles. The van der Waals surface area contributed by atoms with Crippen LogP contribution in [0.5, 0.6) is 23.3 Å². The lowest BCUT2D eigenvalue weighted by molar-refractivity contribution is -0.144. The number of carbonyl (C=O) groups excluding carboxylic acids is 2. The summed E-state index contributed by atoms with van der Waals surface area (Å²) in [6.07, 6.45) is -0.610. The number of aromatic amines is 1. The van der Waals surface area contributed by atoms with Crippen molar-refractivity contribution in [3.05, 3.63) is 115 Å². The topological polar surface area (TPSA) is 271 Å². The first kappa shape index (κ1) is 51.5. The number of carbonyl (C=O) groups is 2. The van der Waals surface area contributed by atoms with Crippen molar-refractivity contribution in [3.8, 4) is 41.1 Å². The molecular formula is C40H39Cl4N11O9. The van der Waals surface area contributed by atoms with E-state index in [1.165, 1.54) is 50.5 Å². The quantitative estimate of drug-likeness (QED) is 0.0547. The van der Waals surface area contributed by atoms with Crippen molar-refractivity contribution in [2.75, 3.05) is 12.0 Å². The molecule has 0 aliphatic heterocycles. The molecule has 24 heteroatoms. The number of H-pyrrole nitrogens is 1. The third-order valence-electron chi connectivity index (χ3n) is 8.23. The smallest absolute Gasteiger partial charge is 0.349 e. The molecule has 3 aromatic heterocycles. The lowest BCUT2D eigenvalue weighted by Crippen LogP contribution is -2.33. The van der Waals surface area contributed by atoms with Crippen molar-refractivity contribution in [2.45, 2.75) is 60.3 Å². The molecular weight excluding hydrogens is 920 g/mol. The lowest BCUT2D eigenvalue weighted by atomic mass is 10.1. The van der Waals surface area contributed by atoms with E-state index in [9.17, 15) is 28.8 Å². The minimum Gasteiger partial charge on any atom is -0.466 e. The Morgan fingerprint density at radius 2 is 1.27 bits per heavy atom. The molecule has 5 rings (SSSR count). The molecule has 0 saturated heterocycles. The number of halogens is 4. The minimum absolute atomic E-state index is 0. The molecule has 0 radical (unpaired) electrons. The summed E-state index contributed by atoms with van der Waals surface area (Å²) >= 11 is 25.1. The summed E-state index contributed by atoms with van der Waals surface area (Å²) in [7, 11) is 3.00. The summed E-state index contributed by atoms with van der Waals surface area (Å²) < 4.78 is 19.2. The normalized spacial score (nSPS) is 10.8. The van der Waals surface area contributed by atoms with Gasteiger partial charge >= 0.3 is 11.7 Å². The summed E-state index contributed by atoms with van der Waals surface area (Å²) in [4.78, 5) is 73.3. The number of hydrogen-bond acceptors (Lipinski definition) is 16. The summed E-state index contributed by atoms with van der Waals surface area (Å²) in [5.74, 6) is -1.31. The number of aromatic nitrogens is 7. The molecule has 0 saturated carbocycles. The lowest BCUT2D eigenvalue weighted by Gasteiger charge is -2.13. The fourth-order valence-electron chi connectivity index (χ4n) is 5.18. The molecule has 0 aliphatic carbocycles. The van der Waals surface area contributed by atoms with Gasteiger partial charge in [0, 0.05) is 37.4 Å². The van der Waals surface area contributed by atoms with Crippen LogP contribution in [0.1, 0.15) is 77.1 Å². The number of hydrogen-bond donors (Lipinski definition) is 2. The Morgan fingerprint density at radius 1 is 0.797 bits per heavy atom. The number of anilines is 1. The Bertz CT molecular complexity index is 2920. The number of aryl methyl sites for hydroxylation is 2. The van der Waals surface area contributed by atoms with Crippen LogP contribution in [-0.4, -0.2) is 58.4 Å². The van der Waals surface area contributed by atoms with Crippen LogP contribution >= 0.6 is 46.4 Å². The number of ether oxygens (including phenoxy) is 3. The Labute approximate surface area is 384 Å². The zero-order valence-corrected chi connectivity index (χ0v) is 37.3. The highest BCUT2D eigenvalue weighted by atomic mass is 35.5. The van der Waals surface area contributed by atoms with Crippen LogP contribution in [0.3, 0.4) is 0 Å². The van der Waals surface area contributed by atoms with Gasteiger partial charge in [0.25, 0.3) is 16.7 Å². The van der Waals surface area contributed by atoms with E-state index < -0.39 is 40.8 Å². The molecule has 5 aromatic rings. The number of benzene rings is 2. The molecule has 2 aromatic carbocycles. The molecule has 0 aliphatic rings. The van der Waals surface area contributed by atoms with Crippen LogP contribution in [0.4, 0.5) is 5.69 Å². The van der Waals surface area contributed by atoms with Gasteiger partial charge in [0.2, 0.25) is 28.9 Å². The van der Waals surface area contributed by atoms with Crippen LogP contribution < -0.4 is 37.3 Å². The number of hydrazone groups is 1. The molecule has 336 valence electrons. The third kappa shape index (κ3) is 12.6. The average Bonchev–Trinajstić information content (AvgIpc) is 3.20. The van der Waals surface area contributed by atoms with E-state index in [2.05, 4.69) is 30.6 Å². The number of rotatable bonds is 13. The molecule has 0 amide bonds. The fraction of sp³-hybridized carbons (Fsp3) is 0.300. The maximum Gasteiger partial charge on any atom is 0.349 e. The maximum absolute atomic E-state index is 12.2. The molecule has 0 atom stereocenters. The molecule has 0 fully saturated rings. The van der Waals surface area contributed by atoms with Gasteiger partial charge in [-0.1, -0.05) is 81.5 Å². The highest BCUT2D eigenvalue weighted by Gasteiger charge is 2.20. The molecule has 0 spiro atoms. The molecule has 20 nitrogen and oxygen atoms in total. The van der Waals surface area contributed by atoms with Gasteiger partial charge in [-0.15, -0.1) is 15.3 Å². The summed E-state index contributed by atoms with van der Waals surface area (Å²) in [6.45, 7) is 9.17. The van der Waals surface area contributed by atoms with E-state index in [4.69, 9.17) is 66.4 Å². The van der Waals surface area contributed by atoms with Crippen molar-refractivity contribution < 1.29 is 23.8 Å². The maximum atomic E-state index is 12.2. The van der Waals surface area contributed by atoms with Crippen LogP contribution in [0.25, 0.3) is 5.69 Å². The number of ketones is 1. The highest BCUT2D eigenvalue weighted by Crippen LogP contribution is 2.39. The highest BCUT2D eigenvalue weighted by molar-refractivity contribution is 6.48. The number of nitrogens with one attached hydrogen (secondary N) is 2.